The first kappa shape index (κ1) is 18.2. The van der Waals surface area contributed by atoms with Gasteiger partial charge in [-0.2, -0.15) is 0 Å². The van der Waals surface area contributed by atoms with Gasteiger partial charge in [-0.3, -0.25) is 0 Å². The van der Waals surface area contributed by atoms with E-state index in [2.05, 4.69) is 87.7 Å². The van der Waals surface area contributed by atoms with E-state index in [0.717, 1.165) is 6.42 Å². The maximum absolute atomic E-state index is 6.75. The molecule has 0 fully saturated rings. The molecule has 0 spiro atoms. The van der Waals surface area contributed by atoms with E-state index in [1.54, 1.807) is 0 Å². The quantitative estimate of drug-likeness (QED) is 0.623. The summed E-state index contributed by atoms with van der Waals surface area (Å²) in [6.45, 7) is 11.5. The molecule has 0 radical (unpaired) electrons. The lowest BCUT2D eigenvalue weighted by Gasteiger charge is -2.35. The van der Waals surface area contributed by atoms with E-state index in [-0.39, 0.29) is 0 Å². The Labute approximate surface area is 144 Å². The van der Waals surface area contributed by atoms with E-state index >= 15 is 0 Å². The van der Waals surface area contributed by atoms with Crippen LogP contribution in [0.25, 0.3) is 0 Å². The first-order valence-corrected chi connectivity index (χ1v) is 14.6. The van der Waals surface area contributed by atoms with Crippen LogP contribution in [-0.2, 0) is 10.5 Å². The van der Waals surface area contributed by atoms with Crippen LogP contribution in [0.1, 0.15) is 17.5 Å². The van der Waals surface area contributed by atoms with Crippen LogP contribution < -0.4 is 5.19 Å². The first-order chi connectivity index (χ1) is 10.8. The lowest BCUT2D eigenvalue weighted by molar-refractivity contribution is 0.551. The van der Waals surface area contributed by atoms with Gasteiger partial charge in [0.05, 0.1) is 0 Å². The van der Waals surface area contributed by atoms with Gasteiger partial charge in [0.1, 0.15) is 0 Å². The minimum atomic E-state index is -1.86. The molecule has 124 valence electrons. The lowest BCUT2D eigenvalue weighted by atomic mass is 10.1. The van der Waals surface area contributed by atoms with Gasteiger partial charge in [0.2, 0.25) is 8.32 Å². The second-order valence-electron chi connectivity index (χ2n) is 7.65. The molecule has 1 nitrogen and oxygen atoms in total. The van der Waals surface area contributed by atoms with E-state index in [1.165, 1.54) is 28.8 Å². The predicted molar refractivity (Wildman–Crippen MR) is 106 cm³/mol. The summed E-state index contributed by atoms with van der Waals surface area (Å²) in [6.07, 6.45) is 2.34. The molecule has 0 aromatic heterocycles. The Morgan fingerprint density at radius 3 is 2.00 bits per heavy atom. The second-order valence-corrected chi connectivity index (χ2v) is 16.2. The summed E-state index contributed by atoms with van der Waals surface area (Å²) in [6, 6.07) is 21.0. The number of rotatable bonds is 7. The summed E-state index contributed by atoms with van der Waals surface area (Å²) in [5, 5.41) is 1.44. The van der Waals surface area contributed by atoms with Crippen molar-refractivity contribution in [1.29, 1.82) is 0 Å². The summed E-state index contributed by atoms with van der Waals surface area (Å²) in [5.41, 5.74) is 2.77. The molecule has 2 aromatic rings. The highest BCUT2D eigenvalue weighted by Crippen LogP contribution is 2.21. The molecule has 0 saturated carbocycles. The van der Waals surface area contributed by atoms with E-state index in [4.69, 9.17) is 4.12 Å². The van der Waals surface area contributed by atoms with Crippen molar-refractivity contribution >= 4 is 21.8 Å². The molecule has 0 N–H and O–H groups in total. The molecule has 3 heteroatoms. The number of hydrogen-bond donors (Lipinski definition) is 0. The SMILES string of the molecule is Cc1ccc(CCC[Si](C)(O[Si](C)(C)C)c2ccccc2)cc1. The molecule has 1 atom stereocenters. The van der Waals surface area contributed by atoms with Crippen molar-refractivity contribution in [1.82, 2.24) is 0 Å². The summed E-state index contributed by atoms with van der Waals surface area (Å²) in [5.74, 6) is 0. The Balaban J connectivity index is 2.07. The van der Waals surface area contributed by atoms with Gasteiger partial charge >= 0.3 is 0 Å². The predicted octanol–water partition coefficient (Wildman–Crippen LogP) is 5.26. The zero-order valence-corrected chi connectivity index (χ0v) is 17.2. The molecule has 0 amide bonds. The maximum atomic E-state index is 6.75. The van der Waals surface area contributed by atoms with E-state index in [0.29, 0.717) is 0 Å². The monoisotopic (exact) mass is 342 g/mol. The second kappa shape index (κ2) is 7.60. The van der Waals surface area contributed by atoms with Gasteiger partial charge in [-0.15, -0.1) is 0 Å². The summed E-state index contributed by atoms with van der Waals surface area (Å²) >= 11 is 0. The molecule has 0 heterocycles. The van der Waals surface area contributed by atoms with Crippen molar-refractivity contribution < 1.29 is 4.12 Å². The molecule has 0 saturated heterocycles. The van der Waals surface area contributed by atoms with Crippen molar-refractivity contribution in [3.63, 3.8) is 0 Å². The van der Waals surface area contributed by atoms with Gasteiger partial charge in [-0.1, -0.05) is 60.2 Å². The molecule has 0 aliphatic carbocycles. The molecule has 2 aromatic carbocycles. The molecule has 2 rings (SSSR count). The topological polar surface area (TPSA) is 9.23 Å². The Kier molecular flexibility index (Phi) is 6.01. The molecular weight excluding hydrogens is 312 g/mol. The lowest BCUT2D eigenvalue weighted by Crippen LogP contribution is -2.53. The molecule has 0 aliphatic rings. The van der Waals surface area contributed by atoms with Gasteiger partial charge in [0.25, 0.3) is 0 Å². The van der Waals surface area contributed by atoms with Crippen molar-refractivity contribution in [2.45, 2.75) is 52.0 Å². The van der Waals surface area contributed by atoms with Crippen molar-refractivity contribution in [2.75, 3.05) is 0 Å². The van der Waals surface area contributed by atoms with Crippen LogP contribution in [0.3, 0.4) is 0 Å². The van der Waals surface area contributed by atoms with Crippen LogP contribution in [0.15, 0.2) is 54.6 Å². The third-order valence-corrected chi connectivity index (χ3v) is 11.3. The third kappa shape index (κ3) is 5.76. The Morgan fingerprint density at radius 2 is 1.43 bits per heavy atom. The van der Waals surface area contributed by atoms with E-state index in [9.17, 15) is 0 Å². The highest BCUT2D eigenvalue weighted by Gasteiger charge is 2.35. The summed E-state index contributed by atoms with van der Waals surface area (Å²) < 4.78 is 6.75. The highest BCUT2D eigenvalue weighted by molar-refractivity contribution is 6.92. The smallest absolute Gasteiger partial charge is 0.209 e. The normalized spacial score (nSPS) is 14.5. The number of hydrogen-bond acceptors (Lipinski definition) is 1. The fourth-order valence-corrected chi connectivity index (χ4v) is 11.4. The fourth-order valence-electron chi connectivity index (χ4n) is 3.11. The fraction of sp³-hybridized carbons (Fsp3) is 0.400. The number of benzene rings is 2. The third-order valence-electron chi connectivity index (χ3n) is 4.16. The zero-order chi connectivity index (χ0) is 16.9. The van der Waals surface area contributed by atoms with Crippen molar-refractivity contribution in [3.8, 4) is 0 Å². The van der Waals surface area contributed by atoms with E-state index in [1.807, 2.05) is 0 Å². The minimum absolute atomic E-state index is 1.14. The van der Waals surface area contributed by atoms with Crippen molar-refractivity contribution in [3.05, 3.63) is 65.7 Å². The molecule has 0 aliphatic heterocycles. The molecule has 0 bridgehead atoms. The molecule has 1 unspecified atom stereocenters. The van der Waals surface area contributed by atoms with Crippen LogP contribution in [0, 0.1) is 6.92 Å². The van der Waals surface area contributed by atoms with Crippen LogP contribution >= 0.6 is 0 Å². The largest absolute Gasteiger partial charge is 0.452 e. The van der Waals surface area contributed by atoms with Gasteiger partial charge in [-0.05, 0) is 62.7 Å². The standard InChI is InChI=1S/C20H30OSi2/c1-18-13-15-19(16-14-18)10-9-17-23(5,21-22(2,3)4)20-11-7-6-8-12-20/h6-8,11-16H,9-10,17H2,1-5H3. The van der Waals surface area contributed by atoms with Gasteiger partial charge in [-0.25, -0.2) is 0 Å². The molecule has 23 heavy (non-hydrogen) atoms. The Hall–Kier alpha value is -1.17. The summed E-state index contributed by atoms with van der Waals surface area (Å²) in [4.78, 5) is 0. The van der Waals surface area contributed by atoms with E-state index < -0.39 is 16.6 Å². The van der Waals surface area contributed by atoms with Gasteiger partial charge in [0, 0.05) is 0 Å². The van der Waals surface area contributed by atoms with Gasteiger partial charge < -0.3 is 4.12 Å². The Morgan fingerprint density at radius 1 is 0.826 bits per heavy atom. The average molecular weight is 343 g/mol. The Bertz CT molecular complexity index is 602. The summed E-state index contributed by atoms with van der Waals surface area (Å²) in [7, 11) is -3.41. The minimum Gasteiger partial charge on any atom is -0.452 e. The van der Waals surface area contributed by atoms with Crippen LogP contribution in [0.4, 0.5) is 0 Å². The van der Waals surface area contributed by atoms with Crippen molar-refractivity contribution in [2.24, 2.45) is 0 Å². The first-order valence-electron chi connectivity index (χ1n) is 8.60. The zero-order valence-electron chi connectivity index (χ0n) is 15.2. The van der Waals surface area contributed by atoms with Crippen LogP contribution in [0.2, 0.25) is 32.2 Å². The van der Waals surface area contributed by atoms with Gasteiger partial charge in [0.15, 0.2) is 8.32 Å². The number of aryl methyl sites for hydroxylation is 2. The molecular formula is C20H30OSi2. The maximum Gasteiger partial charge on any atom is 0.209 e. The highest BCUT2D eigenvalue weighted by atomic mass is 28.4. The van der Waals surface area contributed by atoms with Crippen LogP contribution in [-0.4, -0.2) is 16.6 Å². The van der Waals surface area contributed by atoms with Crippen LogP contribution in [0.5, 0.6) is 0 Å². The average Bonchev–Trinajstić information content (AvgIpc) is 2.48.